The van der Waals surface area contributed by atoms with Crippen LogP contribution in [0.2, 0.25) is 0 Å². The Kier molecular flexibility index (Phi) is 6.29. The van der Waals surface area contributed by atoms with Crippen molar-refractivity contribution in [2.75, 3.05) is 5.32 Å². The molecule has 1 atom stereocenters. The molecule has 30 heavy (non-hydrogen) atoms. The Labute approximate surface area is 177 Å². The first-order chi connectivity index (χ1) is 14.1. The number of alkyl carbamates (subject to hydrolysis) is 1. The highest BCUT2D eigenvalue weighted by molar-refractivity contribution is 5.97. The van der Waals surface area contributed by atoms with E-state index in [1.165, 1.54) is 0 Å². The molecule has 2 amide bonds. The number of aromatic nitrogens is 1. The predicted octanol–water partition coefficient (Wildman–Crippen LogP) is 4.52. The van der Waals surface area contributed by atoms with Crippen LogP contribution in [-0.4, -0.2) is 28.6 Å². The zero-order chi connectivity index (χ0) is 21.9. The minimum absolute atomic E-state index is 0.215. The fourth-order valence-corrected chi connectivity index (χ4v) is 3.28. The second-order valence-corrected chi connectivity index (χ2v) is 8.85. The third kappa shape index (κ3) is 5.49. The third-order valence-corrected chi connectivity index (χ3v) is 4.54. The van der Waals surface area contributed by atoms with E-state index < -0.39 is 17.7 Å². The van der Waals surface area contributed by atoms with Crippen molar-refractivity contribution < 1.29 is 19.1 Å². The van der Waals surface area contributed by atoms with Gasteiger partial charge in [0.15, 0.2) is 0 Å². The quantitative estimate of drug-likeness (QED) is 0.755. The summed E-state index contributed by atoms with van der Waals surface area (Å²) in [7, 11) is 0. The number of carbonyl (C=O) groups excluding carboxylic acids is 2. The smallest absolute Gasteiger partial charge is 0.408 e. The maximum absolute atomic E-state index is 12.9. The maximum Gasteiger partial charge on any atom is 0.408 e. The lowest BCUT2D eigenvalue weighted by molar-refractivity contribution is -0.118. The normalized spacial score (nSPS) is 13.5. The summed E-state index contributed by atoms with van der Waals surface area (Å²) in [5.41, 5.74) is 3.04. The molecule has 160 valence electrons. The van der Waals surface area contributed by atoms with E-state index in [2.05, 4.69) is 15.6 Å². The number of fused-ring (bicyclic) bond motifs is 3. The van der Waals surface area contributed by atoms with Gasteiger partial charge in [0.2, 0.25) is 5.91 Å². The highest BCUT2D eigenvalue weighted by Crippen LogP contribution is 2.38. The van der Waals surface area contributed by atoms with Crippen molar-refractivity contribution in [3.8, 4) is 16.9 Å². The predicted molar refractivity (Wildman–Crippen MR) is 115 cm³/mol. The highest BCUT2D eigenvalue weighted by atomic mass is 16.6. The summed E-state index contributed by atoms with van der Waals surface area (Å²) in [6.45, 7) is 9.78. The Balaban J connectivity index is 1.74. The molecule has 3 rings (SSSR count). The van der Waals surface area contributed by atoms with Crippen molar-refractivity contribution in [2.45, 2.75) is 59.3 Å². The van der Waals surface area contributed by atoms with Crippen LogP contribution in [0.15, 0.2) is 36.7 Å². The molecular weight excluding hydrogens is 382 g/mol. The van der Waals surface area contributed by atoms with E-state index in [9.17, 15) is 9.59 Å². The second kappa shape index (κ2) is 8.73. The lowest BCUT2D eigenvalue weighted by Crippen LogP contribution is -2.46. The first-order valence-electron chi connectivity index (χ1n) is 10.1. The fraction of sp³-hybridized carbons (Fsp3) is 0.435. The summed E-state index contributed by atoms with van der Waals surface area (Å²) >= 11 is 0. The number of carbonyl (C=O) groups is 2. The van der Waals surface area contributed by atoms with Crippen molar-refractivity contribution in [1.29, 1.82) is 0 Å². The minimum atomic E-state index is -0.705. The molecule has 0 saturated heterocycles. The first kappa shape index (κ1) is 21.6. The van der Waals surface area contributed by atoms with Crippen LogP contribution < -0.4 is 15.4 Å². The zero-order valence-corrected chi connectivity index (χ0v) is 18.1. The monoisotopic (exact) mass is 411 g/mol. The van der Waals surface area contributed by atoms with Crippen molar-refractivity contribution in [2.24, 2.45) is 5.92 Å². The molecule has 0 fully saturated rings. The molecule has 0 unspecified atom stereocenters. The molecule has 2 heterocycles. The molecule has 1 aromatic carbocycles. The van der Waals surface area contributed by atoms with Gasteiger partial charge in [0.1, 0.15) is 24.0 Å². The lowest BCUT2D eigenvalue weighted by atomic mass is 9.98. The molecule has 2 aromatic rings. The van der Waals surface area contributed by atoms with E-state index >= 15 is 0 Å². The fourth-order valence-electron chi connectivity index (χ4n) is 3.28. The van der Waals surface area contributed by atoms with Crippen LogP contribution in [0.1, 0.15) is 46.6 Å². The van der Waals surface area contributed by atoms with Crippen LogP contribution in [0.3, 0.4) is 0 Å². The van der Waals surface area contributed by atoms with Gasteiger partial charge in [-0.1, -0.05) is 13.8 Å². The maximum atomic E-state index is 12.9. The lowest BCUT2D eigenvalue weighted by Gasteiger charge is -2.24. The van der Waals surface area contributed by atoms with E-state index in [-0.39, 0.29) is 11.8 Å². The molecule has 0 bridgehead atoms. The van der Waals surface area contributed by atoms with Gasteiger partial charge in [-0.3, -0.25) is 9.78 Å². The number of anilines is 1. The van der Waals surface area contributed by atoms with E-state index in [4.69, 9.17) is 9.47 Å². The Morgan fingerprint density at radius 1 is 1.20 bits per heavy atom. The molecule has 7 heteroatoms. The molecular formula is C23H29N3O4. The van der Waals surface area contributed by atoms with Crippen LogP contribution >= 0.6 is 0 Å². The first-order valence-corrected chi connectivity index (χ1v) is 10.1. The summed E-state index contributed by atoms with van der Waals surface area (Å²) in [5.74, 6) is 0.620. The Hall–Kier alpha value is -3.09. The van der Waals surface area contributed by atoms with Gasteiger partial charge in [-0.25, -0.2) is 4.79 Å². The third-order valence-electron chi connectivity index (χ3n) is 4.54. The SMILES string of the molecule is CC(C)C[C@@H](NC(=O)OC(C)(C)C)C(=O)Nc1ccc2c(c1)OCc1cnccc1-2. The Bertz CT molecular complexity index is 934. The molecule has 1 aliphatic rings. The molecule has 0 radical (unpaired) electrons. The number of nitrogens with zero attached hydrogens (tertiary/aromatic N) is 1. The molecule has 7 nitrogen and oxygen atoms in total. The van der Waals surface area contributed by atoms with Crippen LogP contribution in [0.5, 0.6) is 5.75 Å². The largest absolute Gasteiger partial charge is 0.488 e. The van der Waals surface area contributed by atoms with Crippen molar-refractivity contribution in [3.05, 3.63) is 42.2 Å². The van der Waals surface area contributed by atoms with Crippen molar-refractivity contribution in [1.82, 2.24) is 10.3 Å². The van der Waals surface area contributed by atoms with Crippen molar-refractivity contribution in [3.63, 3.8) is 0 Å². The van der Waals surface area contributed by atoms with Gasteiger partial charge < -0.3 is 20.1 Å². The molecule has 2 N–H and O–H groups in total. The molecule has 0 spiro atoms. The highest BCUT2D eigenvalue weighted by Gasteiger charge is 2.26. The van der Waals surface area contributed by atoms with Crippen LogP contribution in [0.25, 0.3) is 11.1 Å². The van der Waals surface area contributed by atoms with Gasteiger partial charge in [-0.05, 0) is 56.9 Å². The topological polar surface area (TPSA) is 89.5 Å². The number of benzene rings is 1. The summed E-state index contributed by atoms with van der Waals surface area (Å²) < 4.78 is 11.1. The minimum Gasteiger partial charge on any atom is -0.488 e. The van der Waals surface area contributed by atoms with Gasteiger partial charge in [-0.15, -0.1) is 0 Å². The van der Waals surface area contributed by atoms with E-state index in [0.29, 0.717) is 24.5 Å². The van der Waals surface area contributed by atoms with Crippen LogP contribution in [0.4, 0.5) is 10.5 Å². The summed E-state index contributed by atoms with van der Waals surface area (Å²) in [6.07, 6.45) is 3.43. The van der Waals surface area contributed by atoms with Crippen molar-refractivity contribution >= 4 is 17.7 Å². The molecule has 1 aliphatic heterocycles. The van der Waals surface area contributed by atoms with Gasteiger partial charge >= 0.3 is 6.09 Å². The Morgan fingerprint density at radius 3 is 2.67 bits per heavy atom. The average molecular weight is 412 g/mol. The van der Waals surface area contributed by atoms with Gasteiger partial charge in [0.05, 0.1) is 0 Å². The molecule has 1 aromatic heterocycles. The number of rotatable bonds is 5. The van der Waals surface area contributed by atoms with Crippen LogP contribution in [-0.2, 0) is 16.1 Å². The number of amides is 2. The molecule has 0 aliphatic carbocycles. The number of nitrogens with one attached hydrogen (secondary N) is 2. The standard InChI is InChI=1S/C23H29N3O4/c1-14(2)10-19(26-22(28)30-23(3,4)5)21(27)25-16-6-7-18-17-8-9-24-12-15(17)13-29-20(18)11-16/h6-9,11-12,14,19H,10,13H2,1-5H3,(H,25,27)(H,26,28)/t19-/m1/s1. The van der Waals surface area contributed by atoms with Crippen LogP contribution in [0, 0.1) is 5.92 Å². The second-order valence-electron chi connectivity index (χ2n) is 8.85. The number of pyridine rings is 1. The number of hydrogen-bond donors (Lipinski definition) is 2. The average Bonchev–Trinajstić information content (AvgIpc) is 2.65. The number of hydrogen-bond acceptors (Lipinski definition) is 5. The Morgan fingerprint density at radius 2 is 1.97 bits per heavy atom. The van der Waals surface area contributed by atoms with Gasteiger partial charge in [-0.2, -0.15) is 0 Å². The zero-order valence-electron chi connectivity index (χ0n) is 18.1. The van der Waals surface area contributed by atoms with Gasteiger partial charge in [0.25, 0.3) is 0 Å². The van der Waals surface area contributed by atoms with E-state index in [1.54, 1.807) is 39.2 Å². The number of ether oxygens (including phenoxy) is 2. The van der Waals surface area contributed by atoms with Gasteiger partial charge in [0, 0.05) is 35.3 Å². The molecule has 0 saturated carbocycles. The van der Waals surface area contributed by atoms with E-state index in [0.717, 1.165) is 16.7 Å². The summed E-state index contributed by atoms with van der Waals surface area (Å²) in [6, 6.07) is 6.80. The summed E-state index contributed by atoms with van der Waals surface area (Å²) in [4.78, 5) is 29.2. The summed E-state index contributed by atoms with van der Waals surface area (Å²) in [5, 5.41) is 5.58. The van der Waals surface area contributed by atoms with E-state index in [1.807, 2.05) is 32.0 Å².